The Kier molecular flexibility index (Phi) is 6.91. The number of hydrogen-bond acceptors (Lipinski definition) is 3. The zero-order chi connectivity index (χ0) is 18.9. The highest BCUT2D eigenvalue weighted by molar-refractivity contribution is 6.02. The van der Waals surface area contributed by atoms with Gasteiger partial charge in [-0.2, -0.15) is 0 Å². The van der Waals surface area contributed by atoms with E-state index in [-0.39, 0.29) is 5.91 Å². The average Bonchev–Trinajstić information content (AvgIpc) is 2.73. The number of carbonyl (C=O) groups excluding carboxylic acids is 1. The van der Waals surface area contributed by atoms with Crippen LogP contribution in [-0.4, -0.2) is 25.6 Å². The van der Waals surface area contributed by atoms with Gasteiger partial charge in [0.2, 0.25) is 5.91 Å². The van der Waals surface area contributed by atoms with Gasteiger partial charge in [0.25, 0.3) is 0 Å². The van der Waals surface area contributed by atoms with E-state index in [0.717, 1.165) is 36.5 Å². The summed E-state index contributed by atoms with van der Waals surface area (Å²) in [6, 6.07) is 15.8. The second-order valence-electron chi connectivity index (χ2n) is 6.83. The van der Waals surface area contributed by atoms with Crippen molar-refractivity contribution in [3.8, 4) is 5.75 Å². The zero-order valence-electron chi connectivity index (χ0n) is 16.0. The Morgan fingerprint density at radius 1 is 1.04 bits per heavy atom. The number of hydrogen-bond donors (Lipinski definition) is 1. The van der Waals surface area contributed by atoms with Crippen LogP contribution in [0, 0.1) is 0 Å². The van der Waals surface area contributed by atoms with Gasteiger partial charge in [-0.25, -0.2) is 0 Å². The summed E-state index contributed by atoms with van der Waals surface area (Å²) in [5.74, 6) is 0.722. The van der Waals surface area contributed by atoms with Gasteiger partial charge in [0, 0.05) is 30.5 Å². The van der Waals surface area contributed by atoms with Crippen molar-refractivity contribution in [1.82, 2.24) is 0 Å². The van der Waals surface area contributed by atoms with Crippen LogP contribution in [0.25, 0.3) is 6.08 Å². The van der Waals surface area contributed by atoms with E-state index in [1.165, 1.54) is 24.9 Å². The van der Waals surface area contributed by atoms with Gasteiger partial charge in [-0.1, -0.05) is 19.1 Å². The van der Waals surface area contributed by atoms with E-state index < -0.39 is 0 Å². The van der Waals surface area contributed by atoms with Crippen molar-refractivity contribution in [2.24, 2.45) is 0 Å². The number of ether oxygens (including phenoxy) is 1. The van der Waals surface area contributed by atoms with Gasteiger partial charge in [0.15, 0.2) is 0 Å². The largest absolute Gasteiger partial charge is 0.494 e. The maximum atomic E-state index is 12.1. The van der Waals surface area contributed by atoms with E-state index in [1.54, 1.807) is 12.2 Å². The second kappa shape index (κ2) is 9.81. The average molecular weight is 364 g/mol. The summed E-state index contributed by atoms with van der Waals surface area (Å²) >= 11 is 0. The third-order valence-corrected chi connectivity index (χ3v) is 4.64. The topological polar surface area (TPSA) is 41.6 Å². The Bertz CT molecular complexity index is 745. The van der Waals surface area contributed by atoms with Crippen LogP contribution >= 0.6 is 0 Å². The van der Waals surface area contributed by atoms with E-state index in [9.17, 15) is 4.79 Å². The molecule has 1 saturated heterocycles. The lowest BCUT2D eigenvalue weighted by Gasteiger charge is -2.28. The smallest absolute Gasteiger partial charge is 0.248 e. The summed E-state index contributed by atoms with van der Waals surface area (Å²) in [5, 5.41) is 2.91. The minimum atomic E-state index is -0.132. The number of benzene rings is 2. The summed E-state index contributed by atoms with van der Waals surface area (Å²) in [6.07, 6.45) is 8.19. The number of piperidine rings is 1. The van der Waals surface area contributed by atoms with Gasteiger partial charge in [-0.15, -0.1) is 0 Å². The number of carbonyl (C=O) groups is 1. The van der Waals surface area contributed by atoms with Crippen molar-refractivity contribution in [2.45, 2.75) is 32.6 Å². The van der Waals surface area contributed by atoms with Crippen LogP contribution in [0.5, 0.6) is 5.75 Å². The van der Waals surface area contributed by atoms with Gasteiger partial charge in [-0.05, 0) is 73.7 Å². The molecule has 2 aromatic rings. The maximum absolute atomic E-state index is 12.1. The normalized spacial score (nSPS) is 14.3. The van der Waals surface area contributed by atoms with Crippen LogP contribution in [0.4, 0.5) is 11.4 Å². The van der Waals surface area contributed by atoms with Crippen molar-refractivity contribution in [1.29, 1.82) is 0 Å². The van der Waals surface area contributed by atoms with E-state index >= 15 is 0 Å². The summed E-state index contributed by atoms with van der Waals surface area (Å²) in [5.41, 5.74) is 3.01. The van der Waals surface area contributed by atoms with Crippen LogP contribution in [0.15, 0.2) is 54.6 Å². The lowest BCUT2D eigenvalue weighted by atomic mass is 10.1. The number of amides is 1. The number of nitrogens with one attached hydrogen (secondary N) is 1. The van der Waals surface area contributed by atoms with Crippen molar-refractivity contribution >= 4 is 23.4 Å². The standard InChI is InChI=1S/C23H28N2O2/c1-2-18-27-22-13-6-19(7-14-22)8-15-23(26)24-20-9-11-21(12-10-20)25-16-4-3-5-17-25/h6-15H,2-5,16-18H2,1H3,(H,24,26). The van der Waals surface area contributed by atoms with Crippen LogP contribution in [-0.2, 0) is 4.79 Å². The van der Waals surface area contributed by atoms with Gasteiger partial charge in [0.1, 0.15) is 5.75 Å². The predicted molar refractivity (Wildman–Crippen MR) is 112 cm³/mol. The zero-order valence-corrected chi connectivity index (χ0v) is 16.0. The SMILES string of the molecule is CCCOc1ccc(C=CC(=O)Nc2ccc(N3CCCCC3)cc2)cc1. The van der Waals surface area contributed by atoms with Gasteiger partial charge in [-0.3, -0.25) is 4.79 Å². The molecular formula is C23H28N2O2. The number of anilines is 2. The molecule has 4 heteroatoms. The van der Waals surface area contributed by atoms with Crippen molar-refractivity contribution in [3.63, 3.8) is 0 Å². The Hall–Kier alpha value is -2.75. The molecule has 1 fully saturated rings. The molecule has 0 spiro atoms. The van der Waals surface area contributed by atoms with Crippen LogP contribution < -0.4 is 15.0 Å². The first kappa shape index (κ1) is 19.0. The minimum Gasteiger partial charge on any atom is -0.494 e. The highest BCUT2D eigenvalue weighted by atomic mass is 16.5. The van der Waals surface area contributed by atoms with Gasteiger partial charge < -0.3 is 15.0 Å². The Labute approximate surface area is 161 Å². The summed E-state index contributed by atoms with van der Waals surface area (Å²) < 4.78 is 5.56. The van der Waals surface area contributed by atoms with Gasteiger partial charge >= 0.3 is 0 Å². The van der Waals surface area contributed by atoms with E-state index in [1.807, 2.05) is 36.4 Å². The fraction of sp³-hybridized carbons (Fsp3) is 0.348. The maximum Gasteiger partial charge on any atom is 0.248 e. The Morgan fingerprint density at radius 2 is 1.74 bits per heavy atom. The third kappa shape index (κ3) is 5.88. The molecule has 0 radical (unpaired) electrons. The lowest BCUT2D eigenvalue weighted by molar-refractivity contribution is -0.111. The van der Waals surface area contributed by atoms with E-state index in [2.05, 4.69) is 29.3 Å². The molecule has 0 aliphatic carbocycles. The molecule has 142 valence electrons. The molecule has 0 atom stereocenters. The molecule has 0 unspecified atom stereocenters. The quantitative estimate of drug-likeness (QED) is 0.694. The van der Waals surface area contributed by atoms with E-state index in [0.29, 0.717) is 6.61 Å². The fourth-order valence-electron chi connectivity index (χ4n) is 3.16. The third-order valence-electron chi connectivity index (χ3n) is 4.64. The first-order chi connectivity index (χ1) is 13.2. The first-order valence-corrected chi connectivity index (χ1v) is 9.81. The molecule has 4 nitrogen and oxygen atoms in total. The number of nitrogens with zero attached hydrogens (tertiary/aromatic N) is 1. The Morgan fingerprint density at radius 3 is 2.41 bits per heavy atom. The molecule has 0 aromatic heterocycles. The van der Waals surface area contributed by atoms with Crippen molar-refractivity contribution in [3.05, 3.63) is 60.2 Å². The molecule has 2 aromatic carbocycles. The molecule has 1 N–H and O–H groups in total. The summed E-state index contributed by atoms with van der Waals surface area (Å²) in [7, 11) is 0. The van der Waals surface area contributed by atoms with Crippen molar-refractivity contribution in [2.75, 3.05) is 29.9 Å². The van der Waals surface area contributed by atoms with E-state index in [4.69, 9.17) is 4.74 Å². The molecule has 0 saturated carbocycles. The minimum absolute atomic E-state index is 0.132. The van der Waals surface area contributed by atoms with Crippen LogP contribution in [0.3, 0.4) is 0 Å². The highest BCUT2D eigenvalue weighted by Crippen LogP contribution is 2.22. The molecule has 1 heterocycles. The Balaban J connectivity index is 1.51. The van der Waals surface area contributed by atoms with Crippen LogP contribution in [0.1, 0.15) is 38.2 Å². The molecular weight excluding hydrogens is 336 g/mol. The number of rotatable bonds is 7. The van der Waals surface area contributed by atoms with Crippen molar-refractivity contribution < 1.29 is 9.53 Å². The molecule has 27 heavy (non-hydrogen) atoms. The molecule has 3 rings (SSSR count). The summed E-state index contributed by atoms with van der Waals surface area (Å²) in [4.78, 5) is 14.6. The monoisotopic (exact) mass is 364 g/mol. The molecule has 1 aliphatic heterocycles. The molecule has 1 amide bonds. The first-order valence-electron chi connectivity index (χ1n) is 9.81. The fourth-order valence-corrected chi connectivity index (χ4v) is 3.16. The lowest BCUT2D eigenvalue weighted by Crippen LogP contribution is -2.29. The predicted octanol–water partition coefficient (Wildman–Crippen LogP) is 5.12. The molecule has 0 bridgehead atoms. The van der Waals surface area contributed by atoms with Crippen LogP contribution in [0.2, 0.25) is 0 Å². The van der Waals surface area contributed by atoms with Gasteiger partial charge in [0.05, 0.1) is 6.61 Å². The highest BCUT2D eigenvalue weighted by Gasteiger charge is 2.10. The second-order valence-corrected chi connectivity index (χ2v) is 6.83. The summed E-state index contributed by atoms with van der Waals surface area (Å²) in [6.45, 7) is 5.04. The molecule has 1 aliphatic rings.